The van der Waals surface area contributed by atoms with Crippen molar-refractivity contribution in [1.82, 2.24) is 15.3 Å². The van der Waals surface area contributed by atoms with Crippen LogP contribution in [0.5, 0.6) is 5.75 Å². The third-order valence-corrected chi connectivity index (χ3v) is 1.62. The lowest BCUT2D eigenvalue weighted by molar-refractivity contribution is 0.315. The fourth-order valence-corrected chi connectivity index (χ4v) is 0.871. The van der Waals surface area contributed by atoms with Gasteiger partial charge in [0.05, 0.1) is 12.4 Å². The van der Waals surface area contributed by atoms with Gasteiger partial charge in [-0.1, -0.05) is 6.92 Å². The first-order valence-electron chi connectivity index (χ1n) is 4.45. The maximum atomic E-state index is 5.36. The fourth-order valence-electron chi connectivity index (χ4n) is 0.871. The highest BCUT2D eigenvalue weighted by molar-refractivity contribution is 5.12. The molecule has 1 rings (SSSR count). The molecule has 0 amide bonds. The Hall–Kier alpha value is -1.16. The summed E-state index contributed by atoms with van der Waals surface area (Å²) >= 11 is 0. The number of ether oxygens (including phenoxy) is 1. The maximum absolute atomic E-state index is 5.36. The summed E-state index contributed by atoms with van der Waals surface area (Å²) in [7, 11) is 1.89. The van der Waals surface area contributed by atoms with Crippen molar-refractivity contribution in [2.45, 2.75) is 13.3 Å². The minimum absolute atomic E-state index is 0.644. The second-order valence-electron chi connectivity index (χ2n) is 2.64. The SMILES string of the molecule is CCc1ncc(OCCNC)cn1. The van der Waals surface area contributed by atoms with Crippen molar-refractivity contribution < 1.29 is 4.74 Å². The first kappa shape index (κ1) is 9.92. The van der Waals surface area contributed by atoms with Crippen LogP contribution in [0.4, 0.5) is 0 Å². The summed E-state index contributed by atoms with van der Waals surface area (Å²) in [6.45, 7) is 3.50. The molecule has 1 aromatic heterocycles. The van der Waals surface area contributed by atoms with E-state index in [1.807, 2.05) is 14.0 Å². The highest BCUT2D eigenvalue weighted by atomic mass is 16.5. The van der Waals surface area contributed by atoms with Crippen LogP contribution in [0.25, 0.3) is 0 Å². The average molecular weight is 181 g/mol. The van der Waals surface area contributed by atoms with E-state index in [4.69, 9.17) is 4.74 Å². The summed E-state index contributed by atoms with van der Waals surface area (Å²) in [6, 6.07) is 0. The normalized spacial score (nSPS) is 10.0. The Bertz CT molecular complexity index is 235. The van der Waals surface area contributed by atoms with Crippen molar-refractivity contribution >= 4 is 0 Å². The number of rotatable bonds is 5. The second kappa shape index (κ2) is 5.48. The lowest BCUT2D eigenvalue weighted by atomic mass is 10.4. The van der Waals surface area contributed by atoms with Crippen LogP contribution in [0, 0.1) is 0 Å². The molecule has 0 radical (unpaired) electrons. The molecule has 0 saturated carbocycles. The van der Waals surface area contributed by atoms with Gasteiger partial charge in [-0.15, -0.1) is 0 Å². The molecule has 72 valence electrons. The summed E-state index contributed by atoms with van der Waals surface area (Å²) in [4.78, 5) is 8.24. The number of aryl methyl sites for hydroxylation is 1. The van der Waals surface area contributed by atoms with E-state index in [0.717, 1.165) is 24.5 Å². The Labute approximate surface area is 78.4 Å². The van der Waals surface area contributed by atoms with Gasteiger partial charge in [0.1, 0.15) is 12.4 Å². The molecule has 0 bridgehead atoms. The van der Waals surface area contributed by atoms with Crippen molar-refractivity contribution in [3.8, 4) is 5.75 Å². The van der Waals surface area contributed by atoms with Crippen molar-refractivity contribution in [2.24, 2.45) is 0 Å². The van der Waals surface area contributed by atoms with Gasteiger partial charge in [0.15, 0.2) is 5.75 Å². The molecule has 1 N–H and O–H groups in total. The van der Waals surface area contributed by atoms with Crippen molar-refractivity contribution in [3.63, 3.8) is 0 Å². The van der Waals surface area contributed by atoms with E-state index < -0.39 is 0 Å². The van der Waals surface area contributed by atoms with Crippen LogP contribution >= 0.6 is 0 Å². The fraction of sp³-hybridized carbons (Fsp3) is 0.556. The third kappa shape index (κ3) is 3.38. The number of hydrogen-bond donors (Lipinski definition) is 1. The van der Waals surface area contributed by atoms with Gasteiger partial charge in [0.2, 0.25) is 0 Å². The Morgan fingerprint density at radius 2 is 2.08 bits per heavy atom. The van der Waals surface area contributed by atoms with E-state index in [9.17, 15) is 0 Å². The van der Waals surface area contributed by atoms with Crippen LogP contribution in [-0.2, 0) is 6.42 Å². The summed E-state index contributed by atoms with van der Waals surface area (Å²) in [5, 5.41) is 2.99. The predicted molar refractivity (Wildman–Crippen MR) is 50.8 cm³/mol. The molecule has 0 fully saturated rings. The molecule has 1 aromatic rings. The standard InChI is InChI=1S/C9H15N3O/c1-3-9-11-6-8(7-12-9)13-5-4-10-2/h6-7,10H,3-5H2,1-2H3. The third-order valence-electron chi connectivity index (χ3n) is 1.62. The Kier molecular flexibility index (Phi) is 4.18. The predicted octanol–water partition coefficient (Wildman–Crippen LogP) is 0.637. The Morgan fingerprint density at radius 1 is 1.38 bits per heavy atom. The number of likely N-dealkylation sites (N-methyl/N-ethyl adjacent to an activating group) is 1. The minimum Gasteiger partial charge on any atom is -0.489 e. The first-order chi connectivity index (χ1) is 6.36. The molecule has 0 aliphatic heterocycles. The number of nitrogens with zero attached hydrogens (tertiary/aromatic N) is 2. The van der Waals surface area contributed by atoms with Crippen molar-refractivity contribution in [2.75, 3.05) is 20.2 Å². The van der Waals surface area contributed by atoms with Gasteiger partial charge >= 0.3 is 0 Å². The van der Waals surface area contributed by atoms with Gasteiger partial charge < -0.3 is 10.1 Å². The molecule has 0 aliphatic carbocycles. The first-order valence-corrected chi connectivity index (χ1v) is 4.45. The molecule has 0 spiro atoms. The highest BCUT2D eigenvalue weighted by Gasteiger charge is 1.95. The Balaban J connectivity index is 2.40. The van der Waals surface area contributed by atoms with Crippen LogP contribution in [0.3, 0.4) is 0 Å². The second-order valence-corrected chi connectivity index (χ2v) is 2.64. The van der Waals surface area contributed by atoms with Crippen LogP contribution in [0.1, 0.15) is 12.7 Å². The van der Waals surface area contributed by atoms with Crippen LogP contribution < -0.4 is 10.1 Å². The molecular weight excluding hydrogens is 166 g/mol. The monoisotopic (exact) mass is 181 g/mol. The molecule has 0 aromatic carbocycles. The van der Waals surface area contributed by atoms with E-state index >= 15 is 0 Å². The van der Waals surface area contributed by atoms with Crippen molar-refractivity contribution in [3.05, 3.63) is 18.2 Å². The molecular formula is C9H15N3O. The largest absolute Gasteiger partial charge is 0.489 e. The number of hydrogen-bond acceptors (Lipinski definition) is 4. The highest BCUT2D eigenvalue weighted by Crippen LogP contribution is 2.05. The lowest BCUT2D eigenvalue weighted by Gasteiger charge is -2.04. The zero-order chi connectivity index (χ0) is 9.52. The summed E-state index contributed by atoms with van der Waals surface area (Å²) < 4.78 is 5.36. The van der Waals surface area contributed by atoms with Gasteiger partial charge in [-0.2, -0.15) is 0 Å². The van der Waals surface area contributed by atoms with Gasteiger partial charge in [-0.25, -0.2) is 9.97 Å². The molecule has 13 heavy (non-hydrogen) atoms. The average Bonchev–Trinajstić information content (AvgIpc) is 2.19. The summed E-state index contributed by atoms with van der Waals surface area (Å²) in [5.41, 5.74) is 0. The smallest absolute Gasteiger partial charge is 0.155 e. The van der Waals surface area contributed by atoms with Gasteiger partial charge in [0, 0.05) is 13.0 Å². The summed E-state index contributed by atoms with van der Waals surface area (Å²) in [5.74, 6) is 1.58. The molecule has 1 heterocycles. The van der Waals surface area contributed by atoms with Crippen LogP contribution in [0.15, 0.2) is 12.4 Å². The Morgan fingerprint density at radius 3 is 2.62 bits per heavy atom. The zero-order valence-corrected chi connectivity index (χ0v) is 8.08. The van der Waals surface area contributed by atoms with Crippen LogP contribution in [0.2, 0.25) is 0 Å². The van der Waals surface area contributed by atoms with E-state index in [0.29, 0.717) is 6.61 Å². The van der Waals surface area contributed by atoms with E-state index in [1.165, 1.54) is 0 Å². The molecule has 0 aliphatic rings. The zero-order valence-electron chi connectivity index (χ0n) is 8.08. The van der Waals surface area contributed by atoms with Gasteiger partial charge in [0.25, 0.3) is 0 Å². The van der Waals surface area contributed by atoms with E-state index in [1.54, 1.807) is 12.4 Å². The number of nitrogens with one attached hydrogen (secondary N) is 1. The summed E-state index contributed by atoms with van der Waals surface area (Å²) in [6.07, 6.45) is 4.28. The van der Waals surface area contributed by atoms with Gasteiger partial charge in [-0.05, 0) is 7.05 Å². The van der Waals surface area contributed by atoms with Crippen molar-refractivity contribution in [1.29, 1.82) is 0 Å². The van der Waals surface area contributed by atoms with E-state index in [2.05, 4.69) is 15.3 Å². The molecule has 4 nitrogen and oxygen atoms in total. The minimum atomic E-state index is 0.644. The molecule has 0 atom stereocenters. The molecule has 4 heteroatoms. The maximum Gasteiger partial charge on any atom is 0.155 e. The molecule has 0 saturated heterocycles. The molecule has 0 unspecified atom stereocenters. The number of aromatic nitrogens is 2. The lowest BCUT2D eigenvalue weighted by Crippen LogP contribution is -2.16. The van der Waals surface area contributed by atoms with Gasteiger partial charge in [-0.3, -0.25) is 0 Å². The van der Waals surface area contributed by atoms with E-state index in [-0.39, 0.29) is 0 Å². The van der Waals surface area contributed by atoms with Crippen LogP contribution in [-0.4, -0.2) is 30.2 Å². The topological polar surface area (TPSA) is 47.0 Å². The quantitative estimate of drug-likeness (QED) is 0.677.